The largest absolute Gasteiger partial charge is 0.396 e. The van der Waals surface area contributed by atoms with Gasteiger partial charge in [0.1, 0.15) is 0 Å². The number of rotatable bonds is 1. The average Bonchev–Trinajstić information content (AvgIpc) is 3.10. The third-order valence-corrected chi connectivity index (χ3v) is 6.55. The van der Waals surface area contributed by atoms with Crippen molar-refractivity contribution in [2.45, 2.75) is 70.4 Å². The molecular formula is C17H28O4. The predicted octanol–water partition coefficient (Wildman–Crippen LogP) is 3.24. The van der Waals surface area contributed by atoms with E-state index >= 15 is 0 Å². The SMILES string of the molecule is CC1CC2CC2CC(C)C12OOC1(CCC(CO)CC1)O2. The lowest BCUT2D eigenvalue weighted by atomic mass is 9.83. The van der Waals surface area contributed by atoms with E-state index in [1.807, 2.05) is 0 Å². The van der Waals surface area contributed by atoms with Crippen molar-refractivity contribution in [3.63, 3.8) is 0 Å². The second-order valence-electron chi connectivity index (χ2n) is 8.06. The predicted molar refractivity (Wildman–Crippen MR) is 76.9 cm³/mol. The Morgan fingerprint density at radius 1 is 0.952 bits per heavy atom. The number of fused-ring (bicyclic) bond motifs is 1. The quantitative estimate of drug-likeness (QED) is 0.755. The molecule has 0 aromatic carbocycles. The van der Waals surface area contributed by atoms with Crippen LogP contribution in [0.5, 0.6) is 0 Å². The second-order valence-corrected chi connectivity index (χ2v) is 8.06. The minimum absolute atomic E-state index is 0.276. The van der Waals surface area contributed by atoms with Crippen LogP contribution in [0.15, 0.2) is 0 Å². The van der Waals surface area contributed by atoms with Gasteiger partial charge in [-0.3, -0.25) is 0 Å². The van der Waals surface area contributed by atoms with Crippen molar-refractivity contribution >= 4 is 0 Å². The van der Waals surface area contributed by atoms with Crippen LogP contribution in [0.3, 0.4) is 0 Å². The van der Waals surface area contributed by atoms with Crippen LogP contribution >= 0.6 is 0 Å². The van der Waals surface area contributed by atoms with Gasteiger partial charge in [0, 0.05) is 31.3 Å². The molecule has 4 unspecified atom stereocenters. The molecule has 4 fully saturated rings. The molecule has 4 aliphatic rings. The number of hydrogen-bond donors (Lipinski definition) is 1. The van der Waals surface area contributed by atoms with Crippen molar-refractivity contribution in [2.75, 3.05) is 6.61 Å². The van der Waals surface area contributed by atoms with Gasteiger partial charge in [-0.05, 0) is 49.9 Å². The molecule has 0 aromatic rings. The molecule has 120 valence electrons. The van der Waals surface area contributed by atoms with E-state index in [-0.39, 0.29) is 6.61 Å². The van der Waals surface area contributed by atoms with Gasteiger partial charge in [0.15, 0.2) is 0 Å². The van der Waals surface area contributed by atoms with E-state index in [4.69, 9.17) is 14.5 Å². The Bertz CT molecular complexity index is 386. The molecule has 4 atom stereocenters. The van der Waals surface area contributed by atoms with Crippen molar-refractivity contribution in [3.05, 3.63) is 0 Å². The molecule has 2 spiro atoms. The summed E-state index contributed by atoms with van der Waals surface area (Å²) in [5, 5.41) is 9.31. The Labute approximate surface area is 127 Å². The molecule has 1 aliphatic heterocycles. The summed E-state index contributed by atoms with van der Waals surface area (Å²) in [5.41, 5.74) is 0. The van der Waals surface area contributed by atoms with Crippen molar-refractivity contribution in [1.82, 2.24) is 0 Å². The van der Waals surface area contributed by atoms with Gasteiger partial charge in [0.05, 0.1) is 0 Å². The summed E-state index contributed by atoms with van der Waals surface area (Å²) >= 11 is 0. The summed E-state index contributed by atoms with van der Waals surface area (Å²) in [5.74, 6) is 1.85. The van der Waals surface area contributed by atoms with Crippen LogP contribution in [0.2, 0.25) is 0 Å². The Kier molecular flexibility index (Phi) is 3.38. The molecule has 0 radical (unpaired) electrons. The Hall–Kier alpha value is -0.160. The maximum atomic E-state index is 9.31. The average molecular weight is 296 g/mol. The van der Waals surface area contributed by atoms with Crippen molar-refractivity contribution in [2.24, 2.45) is 29.6 Å². The van der Waals surface area contributed by atoms with Crippen LogP contribution in [0.1, 0.15) is 58.8 Å². The van der Waals surface area contributed by atoms with Gasteiger partial charge in [-0.2, -0.15) is 9.78 Å². The third-order valence-electron chi connectivity index (χ3n) is 6.55. The smallest absolute Gasteiger partial charge is 0.209 e. The monoisotopic (exact) mass is 296 g/mol. The minimum Gasteiger partial charge on any atom is -0.396 e. The summed E-state index contributed by atoms with van der Waals surface area (Å²) in [6, 6.07) is 0. The lowest BCUT2D eigenvalue weighted by Gasteiger charge is -2.39. The molecule has 4 rings (SSSR count). The molecule has 0 bridgehead atoms. The molecule has 1 saturated heterocycles. The second kappa shape index (κ2) is 4.92. The highest BCUT2D eigenvalue weighted by atomic mass is 17.3. The van der Waals surface area contributed by atoms with Crippen molar-refractivity contribution in [3.8, 4) is 0 Å². The van der Waals surface area contributed by atoms with Crippen molar-refractivity contribution < 1.29 is 19.6 Å². The van der Waals surface area contributed by atoms with Gasteiger partial charge in [0.25, 0.3) is 0 Å². The van der Waals surface area contributed by atoms with Crippen molar-refractivity contribution in [1.29, 1.82) is 0 Å². The zero-order valence-corrected chi connectivity index (χ0v) is 13.2. The summed E-state index contributed by atoms with van der Waals surface area (Å²) in [6.45, 7) is 4.80. The van der Waals surface area contributed by atoms with Gasteiger partial charge < -0.3 is 9.84 Å². The van der Waals surface area contributed by atoms with E-state index in [0.717, 1.165) is 37.5 Å². The standard InChI is InChI=1S/C17H28O4/c1-11-7-14-9-15(14)8-12(2)17(11)19-16(20-21-17)5-3-13(10-18)4-6-16/h11-15,18H,3-10H2,1-2H3. The zero-order chi connectivity index (χ0) is 14.7. The first-order valence-corrected chi connectivity index (χ1v) is 8.75. The van der Waals surface area contributed by atoms with Crippen LogP contribution < -0.4 is 0 Å². The van der Waals surface area contributed by atoms with Gasteiger partial charge in [-0.15, -0.1) is 0 Å². The Morgan fingerprint density at radius 2 is 1.57 bits per heavy atom. The van der Waals surface area contributed by atoms with E-state index in [2.05, 4.69) is 13.8 Å². The van der Waals surface area contributed by atoms with Crippen LogP contribution in [0, 0.1) is 29.6 Å². The summed E-state index contributed by atoms with van der Waals surface area (Å²) in [6.07, 6.45) is 7.41. The molecule has 21 heavy (non-hydrogen) atoms. The highest BCUT2D eigenvalue weighted by Gasteiger charge is 2.62. The van der Waals surface area contributed by atoms with Crippen LogP contribution in [0.4, 0.5) is 0 Å². The number of ether oxygens (including phenoxy) is 1. The molecule has 3 aliphatic carbocycles. The molecule has 1 N–H and O–H groups in total. The van der Waals surface area contributed by atoms with E-state index in [1.165, 1.54) is 19.3 Å². The van der Waals surface area contributed by atoms with Crippen LogP contribution in [-0.2, 0) is 14.5 Å². The normalized spacial score (nSPS) is 56.4. The fourth-order valence-corrected chi connectivity index (χ4v) is 4.93. The Balaban J connectivity index is 1.51. The van der Waals surface area contributed by atoms with Gasteiger partial charge in [0.2, 0.25) is 11.6 Å². The molecule has 4 heteroatoms. The lowest BCUT2D eigenvalue weighted by Crippen LogP contribution is -2.47. The lowest BCUT2D eigenvalue weighted by molar-refractivity contribution is -0.371. The summed E-state index contributed by atoms with van der Waals surface area (Å²) in [7, 11) is 0. The number of aliphatic hydroxyl groups excluding tert-OH is 1. The maximum absolute atomic E-state index is 9.31. The first-order valence-electron chi connectivity index (χ1n) is 8.75. The minimum atomic E-state index is -0.553. The van der Waals surface area contributed by atoms with E-state index in [0.29, 0.717) is 17.8 Å². The van der Waals surface area contributed by atoms with E-state index < -0.39 is 11.6 Å². The molecule has 4 nitrogen and oxygen atoms in total. The fourth-order valence-electron chi connectivity index (χ4n) is 4.93. The first-order chi connectivity index (χ1) is 10.1. The number of hydrogen-bond acceptors (Lipinski definition) is 4. The summed E-state index contributed by atoms with van der Waals surface area (Å²) in [4.78, 5) is 11.7. The molecule has 0 amide bonds. The molecule has 3 saturated carbocycles. The van der Waals surface area contributed by atoms with Crippen LogP contribution in [-0.4, -0.2) is 23.3 Å². The third kappa shape index (κ3) is 2.26. The number of aliphatic hydroxyl groups is 1. The molecule has 1 heterocycles. The van der Waals surface area contributed by atoms with Gasteiger partial charge in [-0.25, -0.2) is 0 Å². The topological polar surface area (TPSA) is 47.9 Å². The van der Waals surface area contributed by atoms with Gasteiger partial charge in [-0.1, -0.05) is 13.8 Å². The zero-order valence-electron chi connectivity index (χ0n) is 13.2. The van der Waals surface area contributed by atoms with Gasteiger partial charge >= 0.3 is 0 Å². The molecular weight excluding hydrogens is 268 g/mol. The first kappa shape index (κ1) is 14.4. The highest BCUT2D eigenvalue weighted by Crippen LogP contribution is 2.59. The van der Waals surface area contributed by atoms with Crippen LogP contribution in [0.25, 0.3) is 0 Å². The maximum Gasteiger partial charge on any atom is 0.209 e. The Morgan fingerprint density at radius 3 is 2.14 bits per heavy atom. The van der Waals surface area contributed by atoms with E-state index in [1.54, 1.807) is 0 Å². The highest BCUT2D eigenvalue weighted by molar-refractivity contribution is 5.00. The summed E-state index contributed by atoms with van der Waals surface area (Å²) < 4.78 is 6.56. The van der Waals surface area contributed by atoms with E-state index in [9.17, 15) is 5.11 Å². The fraction of sp³-hybridized carbons (Fsp3) is 1.00. The molecule has 0 aromatic heterocycles.